The quantitative estimate of drug-likeness (QED) is 0.152. The number of anilines is 3. The first-order valence-corrected chi connectivity index (χ1v) is 12.2. The molecule has 12 heteroatoms. The fourth-order valence-corrected chi connectivity index (χ4v) is 2.35. The molecule has 0 aromatic carbocycles. The summed E-state index contributed by atoms with van der Waals surface area (Å²) in [5.74, 6) is 0.125. The van der Waals surface area contributed by atoms with Crippen LogP contribution in [0.25, 0.3) is 0 Å². The summed E-state index contributed by atoms with van der Waals surface area (Å²) >= 11 is 0. The van der Waals surface area contributed by atoms with Gasteiger partial charge >= 0.3 is 0 Å². The van der Waals surface area contributed by atoms with E-state index in [1.165, 1.54) is 38.5 Å². The van der Waals surface area contributed by atoms with Crippen LogP contribution in [0.4, 0.5) is 17.8 Å². The summed E-state index contributed by atoms with van der Waals surface area (Å²) in [6.45, 7) is 4.94. The molecule has 1 heterocycles. The molecule has 0 aliphatic carbocycles. The van der Waals surface area contributed by atoms with Crippen LogP contribution in [0.3, 0.4) is 0 Å². The third kappa shape index (κ3) is 37.8. The maximum Gasteiger partial charge on any atom is 0.226 e. The zero-order valence-corrected chi connectivity index (χ0v) is 20.8. The Morgan fingerprint density at radius 1 is 0.303 bits per heavy atom. The van der Waals surface area contributed by atoms with Gasteiger partial charge in [-0.1, -0.05) is 38.5 Å². The minimum Gasteiger partial charge on any atom is -0.368 e. The summed E-state index contributed by atoms with van der Waals surface area (Å²) in [6, 6.07) is 0. The maximum atomic E-state index is 5.28. The van der Waals surface area contributed by atoms with E-state index in [-0.39, 0.29) is 17.8 Å². The SMILES string of the molecule is NCCCCCCN.NCCCCCCN.NCCCCCCN.Nc1nc(N)nc(N)n1. The first kappa shape index (κ1) is 35.8. The van der Waals surface area contributed by atoms with Gasteiger partial charge < -0.3 is 51.6 Å². The van der Waals surface area contributed by atoms with E-state index < -0.39 is 0 Å². The highest BCUT2D eigenvalue weighted by Gasteiger charge is 1.94. The Balaban J connectivity index is -0.000000364. The van der Waals surface area contributed by atoms with Crippen LogP contribution in [0.1, 0.15) is 77.0 Å². The van der Waals surface area contributed by atoms with Crippen molar-refractivity contribution >= 4 is 17.8 Å². The molecule has 0 saturated heterocycles. The van der Waals surface area contributed by atoms with E-state index in [4.69, 9.17) is 51.6 Å². The molecule has 0 atom stereocenters. The predicted octanol–water partition coefficient (Wildman–Crippen LogP) is 0.0108. The smallest absolute Gasteiger partial charge is 0.226 e. The number of nitrogens with zero attached hydrogens (tertiary/aromatic N) is 3. The van der Waals surface area contributed by atoms with Gasteiger partial charge in [0.15, 0.2) is 0 Å². The van der Waals surface area contributed by atoms with Crippen LogP contribution in [0.15, 0.2) is 0 Å². The van der Waals surface area contributed by atoms with Crippen molar-refractivity contribution in [2.75, 3.05) is 56.5 Å². The van der Waals surface area contributed by atoms with Crippen molar-refractivity contribution in [3.8, 4) is 0 Å². The highest BCUT2D eigenvalue weighted by atomic mass is 15.2. The number of nitrogens with two attached hydrogens (primary N) is 9. The largest absolute Gasteiger partial charge is 0.368 e. The molecule has 0 radical (unpaired) electrons. The van der Waals surface area contributed by atoms with Gasteiger partial charge in [0.25, 0.3) is 0 Å². The van der Waals surface area contributed by atoms with E-state index in [0.717, 1.165) is 77.8 Å². The first-order valence-electron chi connectivity index (χ1n) is 12.2. The van der Waals surface area contributed by atoms with Gasteiger partial charge in [0.05, 0.1) is 0 Å². The molecule has 0 aliphatic heterocycles. The van der Waals surface area contributed by atoms with Crippen LogP contribution in [0.2, 0.25) is 0 Å². The molecule has 1 rings (SSSR count). The molecule has 0 unspecified atom stereocenters. The molecule has 0 amide bonds. The number of hydrogen-bond donors (Lipinski definition) is 9. The third-order valence-corrected chi connectivity index (χ3v) is 4.16. The van der Waals surface area contributed by atoms with Gasteiger partial charge in [0.2, 0.25) is 17.8 Å². The Labute approximate surface area is 201 Å². The topological polar surface area (TPSA) is 273 Å². The summed E-state index contributed by atoms with van der Waals surface area (Å²) in [4.78, 5) is 10.5. The number of nitrogen functional groups attached to an aromatic ring is 3. The summed E-state index contributed by atoms with van der Waals surface area (Å²) in [7, 11) is 0. The van der Waals surface area contributed by atoms with E-state index in [1.54, 1.807) is 0 Å². The van der Waals surface area contributed by atoms with E-state index >= 15 is 0 Å². The monoisotopic (exact) mass is 474 g/mol. The second kappa shape index (κ2) is 32.4. The van der Waals surface area contributed by atoms with Crippen LogP contribution >= 0.6 is 0 Å². The van der Waals surface area contributed by atoms with Gasteiger partial charge in [-0.3, -0.25) is 0 Å². The summed E-state index contributed by atoms with van der Waals surface area (Å²) in [5, 5.41) is 0. The van der Waals surface area contributed by atoms with Crippen molar-refractivity contribution in [2.45, 2.75) is 77.0 Å². The zero-order chi connectivity index (χ0) is 25.6. The van der Waals surface area contributed by atoms with Gasteiger partial charge in [-0.25, -0.2) is 0 Å². The zero-order valence-electron chi connectivity index (χ0n) is 20.8. The number of rotatable bonds is 15. The Kier molecular flexibility index (Phi) is 35.0. The van der Waals surface area contributed by atoms with Crippen molar-refractivity contribution in [1.29, 1.82) is 0 Å². The molecule has 0 bridgehead atoms. The van der Waals surface area contributed by atoms with E-state index in [0.29, 0.717) is 0 Å². The minimum absolute atomic E-state index is 0.0417. The molecule has 33 heavy (non-hydrogen) atoms. The van der Waals surface area contributed by atoms with Crippen molar-refractivity contribution in [2.24, 2.45) is 34.4 Å². The Morgan fingerprint density at radius 2 is 0.455 bits per heavy atom. The van der Waals surface area contributed by atoms with Gasteiger partial charge in [-0.05, 0) is 77.8 Å². The lowest BCUT2D eigenvalue weighted by Gasteiger charge is -1.94. The number of hydrogen-bond acceptors (Lipinski definition) is 12. The van der Waals surface area contributed by atoms with Gasteiger partial charge in [-0.2, -0.15) is 15.0 Å². The molecular weight excluding hydrogens is 420 g/mol. The van der Waals surface area contributed by atoms with Crippen molar-refractivity contribution < 1.29 is 0 Å². The van der Waals surface area contributed by atoms with Crippen LogP contribution in [0.5, 0.6) is 0 Å². The lowest BCUT2D eigenvalue weighted by molar-refractivity contribution is 0.653. The Hall–Kier alpha value is -1.83. The molecule has 198 valence electrons. The van der Waals surface area contributed by atoms with Crippen LogP contribution in [-0.4, -0.2) is 54.2 Å². The van der Waals surface area contributed by atoms with E-state index in [9.17, 15) is 0 Å². The lowest BCUT2D eigenvalue weighted by Crippen LogP contribution is -2.05. The van der Waals surface area contributed by atoms with Gasteiger partial charge in [0, 0.05) is 0 Å². The van der Waals surface area contributed by atoms with Gasteiger partial charge in [0.1, 0.15) is 0 Å². The average molecular weight is 475 g/mol. The van der Waals surface area contributed by atoms with Crippen molar-refractivity contribution in [3.63, 3.8) is 0 Å². The van der Waals surface area contributed by atoms with Crippen molar-refractivity contribution in [3.05, 3.63) is 0 Å². The predicted molar refractivity (Wildman–Crippen MR) is 143 cm³/mol. The normalized spacial score (nSPS) is 9.64. The average Bonchev–Trinajstić information content (AvgIpc) is 2.78. The standard InChI is InChI=1S/3C6H16N2.C3H6N6/c3*7-5-3-1-2-4-6-8;4-1-7-2(5)9-3(6)8-1/h3*1-8H2;(H6,4,5,6,7,8,9). The molecule has 1 aromatic heterocycles. The number of aromatic nitrogens is 3. The number of unbranched alkanes of at least 4 members (excludes halogenated alkanes) is 9. The Bertz CT molecular complexity index is 380. The van der Waals surface area contributed by atoms with Crippen LogP contribution < -0.4 is 51.6 Å². The summed E-state index contributed by atoms with van der Waals surface area (Å²) in [5.41, 5.74) is 47.1. The van der Waals surface area contributed by atoms with Gasteiger partial charge in [-0.15, -0.1) is 0 Å². The van der Waals surface area contributed by atoms with E-state index in [2.05, 4.69) is 15.0 Å². The Morgan fingerprint density at radius 3 is 0.576 bits per heavy atom. The summed E-state index contributed by atoms with van der Waals surface area (Å²) < 4.78 is 0. The second-order valence-electron chi connectivity index (χ2n) is 7.38. The second-order valence-corrected chi connectivity index (χ2v) is 7.38. The third-order valence-electron chi connectivity index (χ3n) is 4.16. The lowest BCUT2D eigenvalue weighted by atomic mass is 10.2. The van der Waals surface area contributed by atoms with Crippen molar-refractivity contribution in [1.82, 2.24) is 15.0 Å². The molecular formula is C21H54N12. The minimum atomic E-state index is 0.0417. The summed E-state index contributed by atoms with van der Waals surface area (Å²) in [6.07, 6.45) is 14.4. The fraction of sp³-hybridized carbons (Fsp3) is 0.857. The molecule has 12 nitrogen and oxygen atoms in total. The highest BCUT2D eigenvalue weighted by molar-refractivity contribution is 5.33. The fourth-order valence-electron chi connectivity index (χ4n) is 2.35. The van der Waals surface area contributed by atoms with Crippen LogP contribution in [-0.2, 0) is 0 Å². The van der Waals surface area contributed by atoms with E-state index in [1.807, 2.05) is 0 Å². The molecule has 0 fully saturated rings. The maximum absolute atomic E-state index is 5.28. The molecule has 0 aliphatic rings. The first-order chi connectivity index (χ1) is 15.9. The molecule has 1 aromatic rings. The molecule has 0 saturated carbocycles. The molecule has 18 N–H and O–H groups in total. The molecule has 0 spiro atoms. The van der Waals surface area contributed by atoms with Crippen LogP contribution in [0, 0.1) is 0 Å². The highest BCUT2D eigenvalue weighted by Crippen LogP contribution is 1.98.